The van der Waals surface area contributed by atoms with Crippen LogP contribution in [0.4, 0.5) is 5.69 Å². The third kappa shape index (κ3) is 2.81. The molecule has 0 bridgehead atoms. The van der Waals surface area contributed by atoms with Crippen LogP contribution in [-0.4, -0.2) is 35.0 Å². The molecule has 0 fully saturated rings. The van der Waals surface area contributed by atoms with Gasteiger partial charge in [-0.3, -0.25) is 5.10 Å². The Morgan fingerprint density at radius 1 is 1.35 bits per heavy atom. The third-order valence-electron chi connectivity index (χ3n) is 2.97. The van der Waals surface area contributed by atoms with Crippen molar-refractivity contribution >= 4 is 15.7 Å². The fourth-order valence-corrected chi connectivity index (χ4v) is 2.86. The van der Waals surface area contributed by atoms with Crippen LogP contribution in [0, 0.1) is 13.8 Å². The largest absolute Gasteiger partial charge is 0.398 e. The number of nitrogen functional groups attached to an aromatic ring is 1. The van der Waals surface area contributed by atoms with Crippen LogP contribution in [0.25, 0.3) is 0 Å². The molecule has 1 aromatic heterocycles. The van der Waals surface area contributed by atoms with Crippen molar-refractivity contribution in [2.75, 3.05) is 12.8 Å². The molecule has 1 aromatic carbocycles. The average Bonchev–Trinajstić information content (AvgIpc) is 2.78. The maximum absolute atomic E-state index is 12.4. The Labute approximate surface area is 117 Å². The van der Waals surface area contributed by atoms with Crippen molar-refractivity contribution in [1.82, 2.24) is 19.5 Å². The van der Waals surface area contributed by atoms with E-state index in [1.165, 1.54) is 17.4 Å². The Morgan fingerprint density at radius 2 is 2.05 bits per heavy atom. The zero-order valence-electron chi connectivity index (χ0n) is 11.6. The number of aromatic amines is 1. The number of nitrogens with zero attached hydrogens (tertiary/aromatic N) is 3. The number of benzene rings is 1. The predicted octanol–water partition coefficient (Wildman–Crippen LogP) is 0.824. The number of nitrogens with one attached hydrogen (secondary N) is 1. The summed E-state index contributed by atoms with van der Waals surface area (Å²) in [6.45, 7) is 3.68. The molecular weight excluding hydrogens is 278 g/mol. The Balaban J connectivity index is 2.27. The maximum Gasteiger partial charge on any atom is 0.243 e. The van der Waals surface area contributed by atoms with E-state index in [-0.39, 0.29) is 11.4 Å². The summed E-state index contributed by atoms with van der Waals surface area (Å²) in [5.74, 6) is 1.07. The molecule has 20 heavy (non-hydrogen) atoms. The van der Waals surface area contributed by atoms with Crippen molar-refractivity contribution in [3.63, 3.8) is 0 Å². The van der Waals surface area contributed by atoms with Crippen LogP contribution in [0.15, 0.2) is 23.1 Å². The van der Waals surface area contributed by atoms with Crippen LogP contribution >= 0.6 is 0 Å². The second-order valence-corrected chi connectivity index (χ2v) is 6.66. The van der Waals surface area contributed by atoms with E-state index >= 15 is 0 Å². The summed E-state index contributed by atoms with van der Waals surface area (Å²) in [6.07, 6.45) is 0. The van der Waals surface area contributed by atoms with Crippen molar-refractivity contribution in [3.8, 4) is 0 Å². The van der Waals surface area contributed by atoms with Crippen molar-refractivity contribution in [2.45, 2.75) is 25.3 Å². The fourth-order valence-electron chi connectivity index (χ4n) is 1.70. The predicted molar refractivity (Wildman–Crippen MR) is 75.4 cm³/mol. The van der Waals surface area contributed by atoms with Gasteiger partial charge in [-0.2, -0.15) is 9.40 Å². The Bertz CT molecular complexity index is 723. The van der Waals surface area contributed by atoms with E-state index in [9.17, 15) is 8.42 Å². The van der Waals surface area contributed by atoms with E-state index < -0.39 is 10.0 Å². The first-order valence-corrected chi connectivity index (χ1v) is 7.45. The highest BCUT2D eigenvalue weighted by Crippen LogP contribution is 2.20. The second-order valence-electron chi connectivity index (χ2n) is 4.62. The summed E-state index contributed by atoms with van der Waals surface area (Å²) in [4.78, 5) is 4.25. The number of anilines is 1. The summed E-state index contributed by atoms with van der Waals surface area (Å²) in [5, 5.41) is 6.61. The number of rotatable bonds is 4. The van der Waals surface area contributed by atoms with Gasteiger partial charge in [-0.15, -0.1) is 0 Å². The molecule has 0 saturated heterocycles. The molecular formula is C12H17N5O2S. The molecule has 7 nitrogen and oxygen atoms in total. The van der Waals surface area contributed by atoms with Gasteiger partial charge in [0.25, 0.3) is 0 Å². The SMILES string of the molecule is Cc1nc(CN(C)S(=O)(=O)c2ccc(C)c(N)c2)n[nH]1. The maximum atomic E-state index is 12.4. The zero-order valence-corrected chi connectivity index (χ0v) is 12.4. The highest BCUT2D eigenvalue weighted by molar-refractivity contribution is 7.89. The summed E-state index contributed by atoms with van der Waals surface area (Å²) >= 11 is 0. The number of hydrogen-bond donors (Lipinski definition) is 2. The van der Waals surface area contributed by atoms with Crippen LogP contribution in [0.3, 0.4) is 0 Å². The van der Waals surface area contributed by atoms with E-state index in [0.717, 1.165) is 5.56 Å². The van der Waals surface area contributed by atoms with Crippen molar-refractivity contribution < 1.29 is 8.42 Å². The molecule has 0 atom stereocenters. The Morgan fingerprint density at radius 3 is 2.60 bits per heavy atom. The summed E-state index contributed by atoms with van der Waals surface area (Å²) in [5.41, 5.74) is 7.06. The van der Waals surface area contributed by atoms with Gasteiger partial charge in [-0.1, -0.05) is 6.07 Å². The van der Waals surface area contributed by atoms with E-state index in [1.807, 2.05) is 6.92 Å². The molecule has 0 saturated carbocycles. The number of sulfonamides is 1. The topological polar surface area (TPSA) is 105 Å². The van der Waals surface area contributed by atoms with Gasteiger partial charge in [0.15, 0.2) is 5.82 Å². The average molecular weight is 295 g/mol. The zero-order chi connectivity index (χ0) is 14.9. The second kappa shape index (κ2) is 5.22. The van der Waals surface area contributed by atoms with Gasteiger partial charge in [0.1, 0.15) is 5.82 Å². The number of aromatic nitrogens is 3. The number of nitrogens with two attached hydrogens (primary N) is 1. The molecule has 0 aliphatic carbocycles. The highest BCUT2D eigenvalue weighted by atomic mass is 32.2. The molecule has 8 heteroatoms. The minimum atomic E-state index is -3.61. The first-order valence-electron chi connectivity index (χ1n) is 6.01. The lowest BCUT2D eigenvalue weighted by Crippen LogP contribution is -2.27. The minimum absolute atomic E-state index is 0.0977. The number of hydrogen-bond acceptors (Lipinski definition) is 5. The molecule has 0 spiro atoms. The first kappa shape index (κ1) is 14.5. The Kier molecular flexibility index (Phi) is 3.78. The van der Waals surface area contributed by atoms with E-state index in [0.29, 0.717) is 17.3 Å². The van der Waals surface area contributed by atoms with Crippen LogP contribution < -0.4 is 5.73 Å². The van der Waals surface area contributed by atoms with Gasteiger partial charge in [0.2, 0.25) is 10.0 Å². The lowest BCUT2D eigenvalue weighted by molar-refractivity contribution is 0.457. The smallest absolute Gasteiger partial charge is 0.243 e. The number of aryl methyl sites for hydroxylation is 2. The van der Waals surface area contributed by atoms with Crippen molar-refractivity contribution in [1.29, 1.82) is 0 Å². The third-order valence-corrected chi connectivity index (χ3v) is 4.77. The summed E-state index contributed by atoms with van der Waals surface area (Å²) < 4.78 is 26.0. The quantitative estimate of drug-likeness (QED) is 0.813. The highest BCUT2D eigenvalue weighted by Gasteiger charge is 2.22. The molecule has 0 aliphatic heterocycles. The van der Waals surface area contributed by atoms with Crippen molar-refractivity contribution in [2.24, 2.45) is 0 Å². The van der Waals surface area contributed by atoms with Crippen LogP contribution in [-0.2, 0) is 16.6 Å². The standard InChI is InChI=1S/C12H17N5O2S/c1-8-4-5-10(6-11(8)13)20(18,19)17(3)7-12-14-9(2)15-16-12/h4-6H,7,13H2,1-3H3,(H,14,15,16). The molecule has 108 valence electrons. The van der Waals surface area contributed by atoms with E-state index in [2.05, 4.69) is 15.2 Å². The van der Waals surface area contributed by atoms with Gasteiger partial charge >= 0.3 is 0 Å². The lowest BCUT2D eigenvalue weighted by atomic mass is 10.2. The number of H-pyrrole nitrogens is 1. The van der Waals surface area contributed by atoms with Gasteiger partial charge in [0.05, 0.1) is 11.4 Å². The molecule has 0 unspecified atom stereocenters. The molecule has 0 aliphatic rings. The van der Waals surface area contributed by atoms with E-state index in [4.69, 9.17) is 5.73 Å². The van der Waals surface area contributed by atoms with Gasteiger partial charge in [-0.05, 0) is 31.5 Å². The van der Waals surface area contributed by atoms with Gasteiger partial charge in [0, 0.05) is 12.7 Å². The summed E-state index contributed by atoms with van der Waals surface area (Å²) in [6, 6.07) is 4.69. The van der Waals surface area contributed by atoms with Crippen LogP contribution in [0.1, 0.15) is 17.2 Å². The molecule has 2 rings (SSSR count). The molecule has 2 aromatic rings. The first-order chi connectivity index (χ1) is 9.30. The van der Waals surface area contributed by atoms with Crippen LogP contribution in [0.2, 0.25) is 0 Å². The minimum Gasteiger partial charge on any atom is -0.398 e. The van der Waals surface area contributed by atoms with E-state index in [1.54, 1.807) is 19.1 Å². The molecule has 0 radical (unpaired) electrons. The fraction of sp³-hybridized carbons (Fsp3) is 0.333. The normalized spacial score (nSPS) is 12.0. The molecule has 1 heterocycles. The molecule has 3 N–H and O–H groups in total. The van der Waals surface area contributed by atoms with Gasteiger partial charge in [-0.25, -0.2) is 13.4 Å². The monoisotopic (exact) mass is 295 g/mol. The molecule has 0 amide bonds. The van der Waals surface area contributed by atoms with Crippen LogP contribution in [0.5, 0.6) is 0 Å². The summed E-state index contributed by atoms with van der Waals surface area (Å²) in [7, 11) is -2.12. The van der Waals surface area contributed by atoms with Gasteiger partial charge < -0.3 is 5.73 Å². The Hall–Kier alpha value is -1.93. The lowest BCUT2D eigenvalue weighted by Gasteiger charge is -2.16. The van der Waals surface area contributed by atoms with Crippen molar-refractivity contribution in [3.05, 3.63) is 35.4 Å².